The molecule has 1 atom stereocenters. The summed E-state index contributed by atoms with van der Waals surface area (Å²) in [7, 11) is 0. The summed E-state index contributed by atoms with van der Waals surface area (Å²) in [6, 6.07) is 14.5. The van der Waals surface area contributed by atoms with Crippen LogP contribution < -0.4 is 5.73 Å². The SMILES string of the molecule is CC(CC(=O)Cc1cccc(O)c1)c1ccc(N)cc1. The zero-order valence-electron chi connectivity index (χ0n) is 11.5. The van der Waals surface area contributed by atoms with Gasteiger partial charge in [0.05, 0.1) is 0 Å². The summed E-state index contributed by atoms with van der Waals surface area (Å²) in [4.78, 5) is 12.1. The maximum absolute atomic E-state index is 12.1. The number of aromatic hydroxyl groups is 1. The molecule has 0 aliphatic rings. The number of hydrogen-bond donors (Lipinski definition) is 2. The number of Topliss-reactive ketones (excluding diaryl/α,β-unsaturated/α-hetero) is 1. The van der Waals surface area contributed by atoms with Gasteiger partial charge in [0, 0.05) is 18.5 Å². The van der Waals surface area contributed by atoms with E-state index in [9.17, 15) is 9.90 Å². The topological polar surface area (TPSA) is 63.3 Å². The molecule has 0 saturated heterocycles. The summed E-state index contributed by atoms with van der Waals surface area (Å²) >= 11 is 0. The van der Waals surface area contributed by atoms with Crippen molar-refractivity contribution >= 4 is 11.5 Å². The van der Waals surface area contributed by atoms with E-state index >= 15 is 0 Å². The van der Waals surface area contributed by atoms with Crippen molar-refractivity contribution in [3.05, 3.63) is 59.7 Å². The van der Waals surface area contributed by atoms with E-state index in [1.54, 1.807) is 18.2 Å². The van der Waals surface area contributed by atoms with Crippen molar-refractivity contribution in [3.8, 4) is 5.75 Å². The van der Waals surface area contributed by atoms with Gasteiger partial charge in [-0.15, -0.1) is 0 Å². The highest BCUT2D eigenvalue weighted by atomic mass is 16.3. The first-order chi connectivity index (χ1) is 9.54. The van der Waals surface area contributed by atoms with Gasteiger partial charge in [-0.25, -0.2) is 0 Å². The minimum absolute atomic E-state index is 0.167. The third-order valence-electron chi connectivity index (χ3n) is 3.35. The molecule has 0 radical (unpaired) electrons. The molecule has 0 heterocycles. The molecule has 0 aliphatic heterocycles. The van der Waals surface area contributed by atoms with E-state index in [-0.39, 0.29) is 17.5 Å². The van der Waals surface area contributed by atoms with Crippen LogP contribution in [0, 0.1) is 0 Å². The van der Waals surface area contributed by atoms with Gasteiger partial charge >= 0.3 is 0 Å². The average molecular weight is 269 g/mol. The van der Waals surface area contributed by atoms with Gasteiger partial charge in [0.15, 0.2) is 0 Å². The van der Waals surface area contributed by atoms with Crippen molar-refractivity contribution < 1.29 is 9.90 Å². The van der Waals surface area contributed by atoms with E-state index in [4.69, 9.17) is 5.73 Å². The predicted molar refractivity (Wildman–Crippen MR) is 80.7 cm³/mol. The Morgan fingerprint density at radius 3 is 2.55 bits per heavy atom. The average Bonchev–Trinajstić information content (AvgIpc) is 2.39. The summed E-state index contributed by atoms with van der Waals surface area (Å²) in [6.45, 7) is 2.03. The smallest absolute Gasteiger partial charge is 0.137 e. The minimum Gasteiger partial charge on any atom is -0.508 e. The van der Waals surface area contributed by atoms with Gasteiger partial charge in [0.1, 0.15) is 11.5 Å². The molecule has 0 saturated carbocycles. The lowest BCUT2D eigenvalue weighted by molar-refractivity contribution is -0.118. The molecule has 0 amide bonds. The summed E-state index contributed by atoms with van der Waals surface area (Å²) in [6.07, 6.45) is 0.841. The van der Waals surface area contributed by atoms with Crippen LogP contribution in [0.5, 0.6) is 5.75 Å². The lowest BCUT2D eigenvalue weighted by Gasteiger charge is -2.11. The van der Waals surface area contributed by atoms with Crippen molar-refractivity contribution in [2.24, 2.45) is 0 Å². The zero-order chi connectivity index (χ0) is 14.5. The Labute approximate surface area is 119 Å². The number of phenolic OH excluding ortho intramolecular Hbond substituents is 1. The maximum Gasteiger partial charge on any atom is 0.137 e. The molecule has 20 heavy (non-hydrogen) atoms. The number of nitrogens with two attached hydrogens (primary N) is 1. The fourth-order valence-electron chi connectivity index (χ4n) is 2.25. The van der Waals surface area contributed by atoms with E-state index in [0.717, 1.165) is 16.8 Å². The lowest BCUT2D eigenvalue weighted by atomic mass is 9.93. The van der Waals surface area contributed by atoms with Gasteiger partial charge in [-0.3, -0.25) is 4.79 Å². The highest BCUT2D eigenvalue weighted by Gasteiger charge is 2.12. The van der Waals surface area contributed by atoms with Crippen LogP contribution in [0.1, 0.15) is 30.4 Å². The van der Waals surface area contributed by atoms with Crippen LogP contribution in [-0.2, 0) is 11.2 Å². The number of carbonyl (C=O) groups is 1. The predicted octanol–water partition coefficient (Wildman–Crippen LogP) is 3.28. The highest BCUT2D eigenvalue weighted by Crippen LogP contribution is 2.21. The molecule has 3 heteroatoms. The molecule has 104 valence electrons. The van der Waals surface area contributed by atoms with E-state index < -0.39 is 0 Å². The first-order valence-electron chi connectivity index (χ1n) is 6.69. The fourth-order valence-corrected chi connectivity index (χ4v) is 2.25. The van der Waals surface area contributed by atoms with Gasteiger partial charge in [-0.05, 0) is 41.3 Å². The van der Waals surface area contributed by atoms with E-state index in [1.165, 1.54) is 0 Å². The number of rotatable bonds is 5. The van der Waals surface area contributed by atoms with Crippen LogP contribution in [0.15, 0.2) is 48.5 Å². The third kappa shape index (κ3) is 3.85. The minimum atomic E-state index is 0.167. The molecule has 0 spiro atoms. The molecular weight excluding hydrogens is 250 g/mol. The van der Waals surface area contributed by atoms with Gasteiger partial charge in [-0.2, -0.15) is 0 Å². The lowest BCUT2D eigenvalue weighted by Crippen LogP contribution is -2.07. The number of anilines is 1. The standard InChI is InChI=1S/C17H19NO2/c1-12(14-5-7-15(18)8-6-14)9-17(20)11-13-3-2-4-16(19)10-13/h2-8,10,12,19H,9,11,18H2,1H3. The van der Waals surface area contributed by atoms with Gasteiger partial charge in [0.2, 0.25) is 0 Å². The van der Waals surface area contributed by atoms with Crippen LogP contribution in [0.25, 0.3) is 0 Å². The van der Waals surface area contributed by atoms with Crippen molar-refractivity contribution in [2.45, 2.75) is 25.7 Å². The van der Waals surface area contributed by atoms with Crippen LogP contribution in [0.4, 0.5) is 5.69 Å². The maximum atomic E-state index is 12.1. The Hall–Kier alpha value is -2.29. The molecule has 2 aromatic carbocycles. The van der Waals surface area contributed by atoms with Gasteiger partial charge < -0.3 is 10.8 Å². The molecule has 3 nitrogen and oxygen atoms in total. The van der Waals surface area contributed by atoms with Crippen LogP contribution in [0.2, 0.25) is 0 Å². The van der Waals surface area contributed by atoms with Crippen LogP contribution >= 0.6 is 0 Å². The molecule has 0 fully saturated rings. The Kier molecular flexibility index (Phi) is 4.41. The van der Waals surface area contributed by atoms with E-state index in [2.05, 4.69) is 0 Å². The summed E-state index contributed by atoms with van der Waals surface area (Å²) in [5.41, 5.74) is 8.34. The molecule has 2 rings (SSSR count). The molecule has 3 N–H and O–H groups in total. The Morgan fingerprint density at radius 1 is 1.20 bits per heavy atom. The summed E-state index contributed by atoms with van der Waals surface area (Å²) in [5, 5.41) is 9.39. The first kappa shape index (κ1) is 14.1. The molecule has 0 aliphatic carbocycles. The number of phenols is 1. The normalized spacial score (nSPS) is 12.1. The second kappa shape index (κ2) is 6.24. The van der Waals surface area contributed by atoms with Gasteiger partial charge in [0.25, 0.3) is 0 Å². The first-order valence-corrected chi connectivity index (χ1v) is 6.69. The Morgan fingerprint density at radius 2 is 1.90 bits per heavy atom. The molecule has 1 unspecified atom stereocenters. The second-order valence-corrected chi connectivity index (χ2v) is 5.16. The Balaban J connectivity index is 1.95. The van der Waals surface area contributed by atoms with Crippen molar-refractivity contribution in [3.63, 3.8) is 0 Å². The Bertz CT molecular complexity index is 590. The molecular formula is C17H19NO2. The van der Waals surface area contributed by atoms with Crippen molar-refractivity contribution in [1.29, 1.82) is 0 Å². The highest BCUT2D eigenvalue weighted by molar-refractivity contribution is 5.81. The number of ketones is 1. The molecule has 2 aromatic rings. The second-order valence-electron chi connectivity index (χ2n) is 5.16. The summed E-state index contributed by atoms with van der Waals surface area (Å²) in [5.74, 6) is 0.530. The van der Waals surface area contributed by atoms with E-state index in [1.807, 2.05) is 37.3 Å². The van der Waals surface area contributed by atoms with Crippen LogP contribution in [-0.4, -0.2) is 10.9 Å². The summed E-state index contributed by atoms with van der Waals surface area (Å²) < 4.78 is 0. The molecule has 0 bridgehead atoms. The van der Waals surface area contributed by atoms with Crippen LogP contribution in [0.3, 0.4) is 0 Å². The number of hydrogen-bond acceptors (Lipinski definition) is 3. The number of nitrogen functional groups attached to an aromatic ring is 1. The zero-order valence-corrected chi connectivity index (χ0v) is 11.5. The van der Waals surface area contributed by atoms with Crippen molar-refractivity contribution in [2.75, 3.05) is 5.73 Å². The number of benzene rings is 2. The fraction of sp³-hybridized carbons (Fsp3) is 0.235. The quantitative estimate of drug-likeness (QED) is 0.819. The monoisotopic (exact) mass is 269 g/mol. The van der Waals surface area contributed by atoms with Gasteiger partial charge in [-0.1, -0.05) is 31.2 Å². The largest absolute Gasteiger partial charge is 0.508 e. The third-order valence-corrected chi connectivity index (χ3v) is 3.35. The van der Waals surface area contributed by atoms with Crippen molar-refractivity contribution in [1.82, 2.24) is 0 Å². The van der Waals surface area contributed by atoms with E-state index in [0.29, 0.717) is 12.8 Å². The number of carbonyl (C=O) groups excluding carboxylic acids is 1. The molecule has 0 aromatic heterocycles.